The third-order valence-corrected chi connectivity index (χ3v) is 2.71. The molecule has 0 saturated heterocycles. The van der Waals surface area contributed by atoms with Gasteiger partial charge in [0.2, 0.25) is 0 Å². The Morgan fingerprint density at radius 3 is 2.52 bits per heavy atom. The molecule has 0 aliphatic carbocycles. The fourth-order valence-electron chi connectivity index (χ4n) is 1.62. The van der Waals surface area contributed by atoms with Crippen LogP contribution in [0.1, 0.15) is 25.1 Å². The van der Waals surface area contributed by atoms with E-state index in [4.69, 9.17) is 5.26 Å². The third-order valence-electron chi connectivity index (χ3n) is 2.71. The smallest absolute Gasteiger partial charge is 0.433 e. The van der Waals surface area contributed by atoms with Crippen molar-refractivity contribution in [1.82, 2.24) is 4.98 Å². The first kappa shape index (κ1) is 16.8. The highest BCUT2D eigenvalue weighted by Gasteiger charge is 2.34. The van der Waals surface area contributed by atoms with Gasteiger partial charge in [0, 0.05) is 6.04 Å². The predicted octanol–water partition coefficient (Wildman–Crippen LogP) is 2.36. The summed E-state index contributed by atoms with van der Waals surface area (Å²) >= 11 is 0. The van der Waals surface area contributed by atoms with Crippen molar-refractivity contribution in [2.75, 3.05) is 18.6 Å². The number of ether oxygens (including phenoxy) is 1. The second kappa shape index (κ2) is 6.43. The summed E-state index contributed by atoms with van der Waals surface area (Å²) in [6.07, 6.45) is -4.63. The molecule has 0 aliphatic heterocycles. The molecule has 0 aromatic carbocycles. The van der Waals surface area contributed by atoms with E-state index in [-0.39, 0.29) is 24.0 Å². The van der Waals surface area contributed by atoms with Gasteiger partial charge >= 0.3 is 12.1 Å². The van der Waals surface area contributed by atoms with Gasteiger partial charge < -0.3 is 9.64 Å². The molecule has 1 rings (SSSR count). The number of carbonyl (C=O) groups is 1. The monoisotopic (exact) mass is 301 g/mol. The first-order chi connectivity index (χ1) is 9.70. The molecule has 0 fully saturated rings. The molecule has 0 amide bonds. The number of methoxy groups -OCH3 is 1. The molecule has 0 unspecified atom stereocenters. The van der Waals surface area contributed by atoms with E-state index in [1.807, 2.05) is 0 Å². The fraction of sp³-hybridized carbons (Fsp3) is 0.462. The van der Waals surface area contributed by atoms with Crippen LogP contribution in [-0.4, -0.2) is 30.6 Å². The van der Waals surface area contributed by atoms with Gasteiger partial charge in [-0.3, -0.25) is 4.79 Å². The normalized spacial score (nSPS) is 11.1. The molecule has 0 spiro atoms. The van der Waals surface area contributed by atoms with Crippen LogP contribution in [0.25, 0.3) is 0 Å². The zero-order valence-corrected chi connectivity index (χ0v) is 11.7. The average Bonchev–Trinajstić information content (AvgIpc) is 2.42. The largest absolute Gasteiger partial charge is 0.468 e. The molecule has 0 bridgehead atoms. The lowest BCUT2D eigenvalue weighted by Gasteiger charge is -2.27. The molecule has 0 saturated carbocycles. The molecule has 1 heterocycles. The summed E-state index contributed by atoms with van der Waals surface area (Å²) in [7, 11) is 1.17. The number of aromatic nitrogens is 1. The number of rotatable bonds is 4. The Bertz CT molecular complexity index is 565. The van der Waals surface area contributed by atoms with E-state index in [2.05, 4.69) is 9.72 Å². The van der Waals surface area contributed by atoms with Crippen molar-refractivity contribution in [1.29, 1.82) is 5.26 Å². The van der Waals surface area contributed by atoms with Crippen molar-refractivity contribution in [2.24, 2.45) is 0 Å². The predicted molar refractivity (Wildman–Crippen MR) is 68.5 cm³/mol. The molecule has 0 aliphatic rings. The molecular formula is C13H14F3N3O2. The molecule has 5 nitrogen and oxygen atoms in total. The zero-order chi connectivity index (χ0) is 16.2. The first-order valence-electron chi connectivity index (χ1n) is 6.02. The van der Waals surface area contributed by atoms with Crippen LogP contribution >= 0.6 is 0 Å². The molecule has 0 atom stereocenters. The lowest BCUT2D eigenvalue weighted by Crippen LogP contribution is -2.37. The van der Waals surface area contributed by atoms with E-state index in [0.717, 1.165) is 12.1 Å². The second-order valence-electron chi connectivity index (χ2n) is 4.48. The number of nitriles is 1. The van der Waals surface area contributed by atoms with Crippen LogP contribution in [-0.2, 0) is 15.7 Å². The van der Waals surface area contributed by atoms with Crippen LogP contribution in [0, 0.1) is 11.3 Å². The minimum absolute atomic E-state index is 0.0411. The number of anilines is 1. The number of carbonyl (C=O) groups excluding carboxylic acids is 1. The van der Waals surface area contributed by atoms with Crippen LogP contribution in [0.3, 0.4) is 0 Å². The highest BCUT2D eigenvalue weighted by atomic mass is 19.4. The van der Waals surface area contributed by atoms with Gasteiger partial charge in [-0.15, -0.1) is 0 Å². The number of alkyl halides is 3. The van der Waals surface area contributed by atoms with Crippen LogP contribution in [0.2, 0.25) is 0 Å². The van der Waals surface area contributed by atoms with E-state index in [0.29, 0.717) is 0 Å². The summed E-state index contributed by atoms with van der Waals surface area (Å²) in [5.74, 6) is -0.820. The molecule has 0 N–H and O–H groups in total. The Kier molecular flexibility index (Phi) is 5.13. The van der Waals surface area contributed by atoms with Crippen molar-refractivity contribution in [3.05, 3.63) is 23.4 Å². The quantitative estimate of drug-likeness (QED) is 0.799. The highest BCUT2D eigenvalue weighted by Crippen LogP contribution is 2.30. The molecule has 1 aromatic rings. The van der Waals surface area contributed by atoms with E-state index in [9.17, 15) is 18.0 Å². The minimum Gasteiger partial charge on any atom is -0.468 e. The van der Waals surface area contributed by atoms with Crippen molar-refractivity contribution in [3.8, 4) is 6.07 Å². The molecule has 21 heavy (non-hydrogen) atoms. The SMILES string of the molecule is COC(=O)CN(c1nc(C(F)(F)F)ccc1C#N)C(C)C. The van der Waals surface area contributed by atoms with Gasteiger partial charge in [-0.25, -0.2) is 4.98 Å². The van der Waals surface area contributed by atoms with E-state index >= 15 is 0 Å². The summed E-state index contributed by atoms with van der Waals surface area (Å²) in [5.41, 5.74) is -1.16. The van der Waals surface area contributed by atoms with Crippen molar-refractivity contribution < 1.29 is 22.7 Å². The van der Waals surface area contributed by atoms with Crippen molar-refractivity contribution in [3.63, 3.8) is 0 Å². The Balaban J connectivity index is 3.34. The van der Waals surface area contributed by atoms with Gasteiger partial charge in [0.15, 0.2) is 0 Å². The topological polar surface area (TPSA) is 66.2 Å². The third kappa shape index (κ3) is 4.08. The van der Waals surface area contributed by atoms with Gasteiger partial charge in [-0.05, 0) is 26.0 Å². The number of hydrogen-bond acceptors (Lipinski definition) is 5. The van der Waals surface area contributed by atoms with Crippen molar-refractivity contribution >= 4 is 11.8 Å². The Morgan fingerprint density at radius 2 is 2.10 bits per heavy atom. The molecule has 1 aromatic heterocycles. The molecule has 8 heteroatoms. The number of hydrogen-bond donors (Lipinski definition) is 0. The lowest BCUT2D eigenvalue weighted by molar-refractivity contribution is -0.141. The highest BCUT2D eigenvalue weighted by molar-refractivity contribution is 5.76. The number of esters is 1. The van der Waals surface area contributed by atoms with Gasteiger partial charge in [0.25, 0.3) is 0 Å². The number of halogens is 3. The number of nitrogens with zero attached hydrogens (tertiary/aromatic N) is 3. The molecule has 0 radical (unpaired) electrons. The average molecular weight is 301 g/mol. The second-order valence-corrected chi connectivity index (χ2v) is 4.48. The summed E-state index contributed by atoms with van der Waals surface area (Å²) in [6.45, 7) is 3.05. The lowest BCUT2D eigenvalue weighted by atomic mass is 10.2. The maximum absolute atomic E-state index is 12.7. The maximum Gasteiger partial charge on any atom is 0.433 e. The number of pyridine rings is 1. The first-order valence-corrected chi connectivity index (χ1v) is 6.02. The van der Waals surface area contributed by atoms with E-state index in [1.54, 1.807) is 19.9 Å². The Morgan fingerprint density at radius 1 is 1.48 bits per heavy atom. The van der Waals surface area contributed by atoms with Crippen LogP contribution in [0.4, 0.5) is 19.0 Å². The van der Waals surface area contributed by atoms with Gasteiger partial charge in [0.1, 0.15) is 24.1 Å². The van der Waals surface area contributed by atoms with Crippen LogP contribution in [0.5, 0.6) is 0 Å². The summed E-state index contributed by atoms with van der Waals surface area (Å²) in [4.78, 5) is 16.2. The molecule has 114 valence electrons. The van der Waals surface area contributed by atoms with E-state index < -0.39 is 17.8 Å². The summed E-state index contributed by atoms with van der Waals surface area (Å²) < 4.78 is 42.7. The van der Waals surface area contributed by atoms with E-state index in [1.165, 1.54) is 12.0 Å². The Hall–Kier alpha value is -2.30. The maximum atomic E-state index is 12.7. The zero-order valence-electron chi connectivity index (χ0n) is 11.7. The fourth-order valence-corrected chi connectivity index (χ4v) is 1.62. The van der Waals surface area contributed by atoms with Crippen LogP contribution in [0.15, 0.2) is 12.1 Å². The summed E-state index contributed by atoms with van der Waals surface area (Å²) in [6, 6.07) is 3.21. The van der Waals surface area contributed by atoms with Crippen LogP contribution < -0.4 is 4.90 Å². The summed E-state index contributed by atoms with van der Waals surface area (Å²) in [5, 5.41) is 9.02. The van der Waals surface area contributed by atoms with Gasteiger partial charge in [-0.2, -0.15) is 18.4 Å². The van der Waals surface area contributed by atoms with Gasteiger partial charge in [0.05, 0.1) is 12.7 Å². The van der Waals surface area contributed by atoms with Crippen molar-refractivity contribution in [2.45, 2.75) is 26.1 Å². The Labute approximate surface area is 119 Å². The molecular weight excluding hydrogens is 287 g/mol. The van der Waals surface area contributed by atoms with Gasteiger partial charge in [-0.1, -0.05) is 0 Å². The standard InChI is InChI=1S/C13H14F3N3O2/c1-8(2)19(7-11(20)21-3)12-9(6-17)4-5-10(18-12)13(14,15)16/h4-5,8H,7H2,1-3H3. The minimum atomic E-state index is -4.63.